The van der Waals surface area contributed by atoms with Crippen LogP contribution in [0.1, 0.15) is 18.9 Å². The van der Waals surface area contributed by atoms with Crippen molar-refractivity contribution >= 4 is 25.8 Å². The van der Waals surface area contributed by atoms with E-state index in [-0.39, 0.29) is 24.7 Å². The molecule has 0 atom stereocenters. The fourth-order valence-electron chi connectivity index (χ4n) is 1.46. The molecule has 0 heterocycles. The van der Waals surface area contributed by atoms with Gasteiger partial charge in [-0.25, -0.2) is 8.42 Å². The van der Waals surface area contributed by atoms with Gasteiger partial charge in [0, 0.05) is 4.47 Å². The topological polar surface area (TPSA) is 63.6 Å². The first kappa shape index (κ1) is 15.5. The number of aliphatic hydroxyl groups excluding tert-OH is 1. The highest BCUT2D eigenvalue weighted by Gasteiger charge is 2.09. The van der Waals surface area contributed by atoms with Crippen LogP contribution in [0.4, 0.5) is 0 Å². The van der Waals surface area contributed by atoms with Gasteiger partial charge in [0.05, 0.1) is 18.1 Å². The quantitative estimate of drug-likeness (QED) is 0.828. The summed E-state index contributed by atoms with van der Waals surface area (Å²) in [6.07, 6.45) is 0.620. The lowest BCUT2D eigenvalue weighted by Crippen LogP contribution is -2.16. The highest BCUT2D eigenvalue weighted by molar-refractivity contribution is 9.10. The smallest absolute Gasteiger partial charge is 0.153 e. The molecule has 102 valence electrons. The third-order valence-corrected chi connectivity index (χ3v) is 4.96. The first-order valence-corrected chi connectivity index (χ1v) is 8.32. The minimum Gasteiger partial charge on any atom is -0.493 e. The molecule has 0 saturated carbocycles. The Morgan fingerprint density at radius 3 is 2.67 bits per heavy atom. The predicted octanol–water partition coefficient (Wildman–Crippen LogP) is 2.15. The summed E-state index contributed by atoms with van der Waals surface area (Å²) >= 11 is 3.30. The van der Waals surface area contributed by atoms with E-state index >= 15 is 0 Å². The Labute approximate surface area is 116 Å². The van der Waals surface area contributed by atoms with Crippen LogP contribution >= 0.6 is 15.9 Å². The van der Waals surface area contributed by atoms with Crippen molar-refractivity contribution in [1.82, 2.24) is 0 Å². The second-order valence-electron chi connectivity index (χ2n) is 3.91. The molecule has 0 spiro atoms. The number of aliphatic hydroxyl groups is 1. The summed E-state index contributed by atoms with van der Waals surface area (Å²) < 4.78 is 29.1. The van der Waals surface area contributed by atoms with E-state index in [2.05, 4.69) is 15.9 Å². The fourth-order valence-corrected chi connectivity index (χ4v) is 3.00. The lowest BCUT2D eigenvalue weighted by Gasteiger charge is -2.08. The van der Waals surface area contributed by atoms with Gasteiger partial charge < -0.3 is 9.84 Å². The third-order valence-electron chi connectivity index (χ3n) is 2.37. The Morgan fingerprint density at radius 2 is 2.06 bits per heavy atom. The van der Waals surface area contributed by atoms with Crippen molar-refractivity contribution in [3.63, 3.8) is 0 Å². The maximum atomic E-state index is 11.5. The largest absolute Gasteiger partial charge is 0.493 e. The summed E-state index contributed by atoms with van der Waals surface area (Å²) in [7, 11) is -3.01. The Hall–Kier alpha value is -0.590. The molecule has 0 aliphatic carbocycles. The highest BCUT2D eigenvalue weighted by atomic mass is 79.9. The molecular formula is C12H17BrO4S. The Bertz CT molecular complexity index is 485. The van der Waals surface area contributed by atoms with Gasteiger partial charge in [0.25, 0.3) is 0 Å². The first-order chi connectivity index (χ1) is 8.48. The van der Waals surface area contributed by atoms with Crippen LogP contribution in [0.15, 0.2) is 22.7 Å². The van der Waals surface area contributed by atoms with Gasteiger partial charge >= 0.3 is 0 Å². The number of rotatable bonds is 7. The van der Waals surface area contributed by atoms with E-state index in [0.29, 0.717) is 17.7 Å². The molecule has 0 amide bonds. The molecule has 0 saturated heterocycles. The van der Waals surface area contributed by atoms with Crippen LogP contribution in [0, 0.1) is 0 Å². The predicted molar refractivity (Wildman–Crippen MR) is 74.5 cm³/mol. The van der Waals surface area contributed by atoms with Crippen LogP contribution in [-0.4, -0.2) is 31.6 Å². The van der Waals surface area contributed by atoms with Gasteiger partial charge in [-0.1, -0.05) is 22.9 Å². The number of halogens is 1. The van der Waals surface area contributed by atoms with Crippen molar-refractivity contribution in [3.05, 3.63) is 28.2 Å². The molecule has 18 heavy (non-hydrogen) atoms. The highest BCUT2D eigenvalue weighted by Crippen LogP contribution is 2.22. The summed E-state index contributed by atoms with van der Waals surface area (Å²) in [6.45, 7) is 1.88. The Morgan fingerprint density at radius 1 is 1.33 bits per heavy atom. The molecule has 1 aromatic rings. The molecule has 0 bridgehead atoms. The van der Waals surface area contributed by atoms with Gasteiger partial charge in [0.1, 0.15) is 12.4 Å². The second kappa shape index (κ2) is 7.11. The summed E-state index contributed by atoms with van der Waals surface area (Å²) in [4.78, 5) is 0. The monoisotopic (exact) mass is 336 g/mol. The zero-order chi connectivity index (χ0) is 13.6. The molecule has 0 unspecified atom stereocenters. The molecule has 0 aliphatic heterocycles. The van der Waals surface area contributed by atoms with E-state index < -0.39 is 9.84 Å². The summed E-state index contributed by atoms with van der Waals surface area (Å²) in [5.74, 6) is 0.776. The third kappa shape index (κ3) is 4.96. The van der Waals surface area contributed by atoms with Gasteiger partial charge in [-0.15, -0.1) is 0 Å². The van der Waals surface area contributed by atoms with Crippen LogP contribution in [0.2, 0.25) is 0 Å². The molecule has 4 nitrogen and oxygen atoms in total. The Kier molecular flexibility index (Phi) is 6.11. The van der Waals surface area contributed by atoms with Crippen molar-refractivity contribution in [2.45, 2.75) is 20.0 Å². The maximum Gasteiger partial charge on any atom is 0.153 e. The number of hydrogen-bond acceptors (Lipinski definition) is 4. The molecule has 0 fully saturated rings. The molecule has 6 heteroatoms. The molecule has 1 N–H and O–H groups in total. The number of benzene rings is 1. The molecule has 1 rings (SSSR count). The van der Waals surface area contributed by atoms with Crippen molar-refractivity contribution in [3.8, 4) is 5.75 Å². The van der Waals surface area contributed by atoms with Crippen molar-refractivity contribution < 1.29 is 18.3 Å². The number of sulfone groups is 1. The minimum absolute atomic E-state index is 0.0192. The zero-order valence-electron chi connectivity index (χ0n) is 10.2. The molecular weight excluding hydrogens is 320 g/mol. The van der Waals surface area contributed by atoms with E-state index in [4.69, 9.17) is 9.84 Å². The van der Waals surface area contributed by atoms with Crippen LogP contribution in [0.25, 0.3) is 0 Å². The lowest BCUT2D eigenvalue weighted by atomic mass is 10.2. The standard InChI is InChI=1S/C12H17BrO4S/c1-2-6-18(15,16)7-5-17-11-3-4-12(13)10(8-11)9-14/h3-4,8,14H,2,5-7,9H2,1H3. The average molecular weight is 337 g/mol. The van der Waals surface area contributed by atoms with Gasteiger partial charge in [0.15, 0.2) is 9.84 Å². The summed E-state index contributed by atoms with van der Waals surface area (Å²) in [5.41, 5.74) is 0.712. The molecule has 0 aliphatic rings. The van der Waals surface area contributed by atoms with Gasteiger partial charge in [-0.05, 0) is 30.2 Å². The van der Waals surface area contributed by atoms with E-state index in [0.717, 1.165) is 4.47 Å². The SMILES string of the molecule is CCCS(=O)(=O)CCOc1ccc(Br)c(CO)c1. The zero-order valence-corrected chi connectivity index (χ0v) is 12.6. The van der Waals surface area contributed by atoms with E-state index in [1.54, 1.807) is 18.2 Å². The molecule has 1 aromatic carbocycles. The minimum atomic E-state index is -3.01. The lowest BCUT2D eigenvalue weighted by molar-refractivity contribution is 0.279. The van der Waals surface area contributed by atoms with E-state index in [9.17, 15) is 8.42 Å². The van der Waals surface area contributed by atoms with Crippen molar-refractivity contribution in [2.24, 2.45) is 0 Å². The number of hydrogen-bond donors (Lipinski definition) is 1. The average Bonchev–Trinajstić information content (AvgIpc) is 2.31. The summed E-state index contributed by atoms with van der Waals surface area (Å²) in [6, 6.07) is 5.19. The van der Waals surface area contributed by atoms with Gasteiger partial charge in [-0.3, -0.25) is 0 Å². The van der Waals surface area contributed by atoms with Crippen LogP contribution < -0.4 is 4.74 Å². The van der Waals surface area contributed by atoms with Crippen LogP contribution in [-0.2, 0) is 16.4 Å². The maximum absolute atomic E-state index is 11.5. The second-order valence-corrected chi connectivity index (χ2v) is 7.07. The van der Waals surface area contributed by atoms with Gasteiger partial charge in [-0.2, -0.15) is 0 Å². The first-order valence-electron chi connectivity index (χ1n) is 5.71. The van der Waals surface area contributed by atoms with Gasteiger partial charge in [0.2, 0.25) is 0 Å². The number of ether oxygens (including phenoxy) is 1. The molecule has 0 radical (unpaired) electrons. The Balaban J connectivity index is 2.54. The van der Waals surface area contributed by atoms with Crippen molar-refractivity contribution in [1.29, 1.82) is 0 Å². The van der Waals surface area contributed by atoms with E-state index in [1.165, 1.54) is 0 Å². The molecule has 0 aromatic heterocycles. The van der Waals surface area contributed by atoms with Crippen molar-refractivity contribution in [2.75, 3.05) is 18.1 Å². The van der Waals surface area contributed by atoms with E-state index in [1.807, 2.05) is 6.92 Å². The fraction of sp³-hybridized carbons (Fsp3) is 0.500. The summed E-state index contributed by atoms with van der Waals surface area (Å²) in [5, 5.41) is 9.09. The van der Waals surface area contributed by atoms with Crippen LogP contribution in [0.3, 0.4) is 0 Å². The normalized spacial score (nSPS) is 11.5. The van der Waals surface area contributed by atoms with Crippen LogP contribution in [0.5, 0.6) is 5.75 Å².